The molecule has 0 amide bonds. The summed E-state index contributed by atoms with van der Waals surface area (Å²) in [7, 11) is -22.0. The lowest BCUT2D eigenvalue weighted by atomic mass is 10.1. The molecule has 0 radical (unpaired) electrons. The van der Waals surface area contributed by atoms with Gasteiger partial charge in [0.1, 0.15) is 12.4 Å². The van der Waals surface area contributed by atoms with Crippen molar-refractivity contribution >= 4 is 120 Å². The highest BCUT2D eigenvalue weighted by Crippen LogP contribution is 2.31. The molecule has 0 fully saturated rings. The number of para-hydroxylation sites is 1. The molecule has 3 N–H and O–H groups in total. The van der Waals surface area contributed by atoms with Gasteiger partial charge in [0.25, 0.3) is 0 Å². The minimum atomic E-state index is -2.65. The van der Waals surface area contributed by atoms with Crippen molar-refractivity contribution in [2.75, 3.05) is 85.3 Å². The summed E-state index contributed by atoms with van der Waals surface area (Å²) in [5.41, 5.74) is 1.24. The number of aryl methyl sites for hydroxylation is 1. The first-order chi connectivity index (χ1) is 45.8. The average Bonchev–Trinajstić information content (AvgIpc) is 0.804. The number of aliphatic hydroxyl groups is 3. The van der Waals surface area contributed by atoms with E-state index in [2.05, 4.69) is 164 Å². The number of rotatable bonds is 45. The van der Waals surface area contributed by atoms with Crippen LogP contribution in [0.2, 0.25) is 170 Å². The molecule has 1 aromatic rings. The first kappa shape index (κ1) is 166. The number of benzene rings is 1. The molecule has 0 saturated carbocycles. The Morgan fingerprint density at radius 1 is 0.383 bits per heavy atom. The SMILES string of the molecule is C.C.C.C.C.C.C.C.C.C.C.C.C.C.CCC(O)COC[Si](C)(C)OC.CCCCc1ccccc1OCC(O)CC.CCOC(=O)C(C)CSCC.CCOCC.CCOCC(O)CC.CC[Si](C)(C)OC.CO[Si](C)(C)O[Si](C)(C)O[Si](C)(C)O[Si](C)(C)O[Si](C)(C)O[Si](C)(C)O[Si](C)(C)O[Si](C)(C)O[Si](C)(C)O[Si](C)(C)C. The zero-order chi connectivity index (χ0) is 80.6. The molecule has 115 heavy (non-hydrogen) atoms. The predicted molar refractivity (Wildman–Crippen MR) is 549 cm³/mol. The molecule has 0 aliphatic heterocycles. The van der Waals surface area contributed by atoms with E-state index in [1.165, 1.54) is 24.4 Å². The van der Waals surface area contributed by atoms with Crippen LogP contribution >= 0.6 is 11.8 Å². The fraction of sp³-hybridized carbons (Fsp3) is 0.914. The Morgan fingerprint density at radius 3 is 0.939 bits per heavy atom. The van der Waals surface area contributed by atoms with Crippen molar-refractivity contribution in [3.05, 3.63) is 29.8 Å². The lowest BCUT2D eigenvalue weighted by molar-refractivity contribution is -0.146. The third kappa shape index (κ3) is 107. The molecule has 4 atom stereocenters. The number of ether oxygens (including phenoxy) is 5. The fourth-order valence-electron chi connectivity index (χ4n) is 9.19. The Bertz CT molecular complexity index is 2170. The number of hydrogen-bond acceptors (Lipinski definition) is 22. The monoisotopic (exact) mass is 1900 g/mol. The molecule has 0 spiro atoms. The normalized spacial score (nSPS) is 12.3. The lowest BCUT2D eigenvalue weighted by Crippen LogP contribution is -2.62. The van der Waals surface area contributed by atoms with E-state index in [0.717, 1.165) is 56.2 Å². The second-order valence-electron chi connectivity index (χ2n) is 30.6. The van der Waals surface area contributed by atoms with Crippen LogP contribution in [-0.2, 0) is 80.5 Å². The van der Waals surface area contributed by atoms with Gasteiger partial charge in [0.15, 0.2) is 16.6 Å². The maximum Gasteiger partial charge on any atom is 0.322 e. The second-order valence-corrected chi connectivity index (χ2v) is 77.9. The molecule has 1 rings (SSSR count). The number of thioether (sulfide) groups is 1. The van der Waals surface area contributed by atoms with Gasteiger partial charge in [-0.05, 0) is 247 Å². The van der Waals surface area contributed by atoms with E-state index in [1.54, 1.807) is 33.1 Å². The summed E-state index contributed by atoms with van der Waals surface area (Å²) in [6.07, 6.45) is 5.37. The average molecular weight is 1900 g/mol. The van der Waals surface area contributed by atoms with Gasteiger partial charge in [-0.25, -0.2) is 0 Å². The van der Waals surface area contributed by atoms with E-state index in [0.29, 0.717) is 39.3 Å². The quantitative estimate of drug-likeness (QED) is 0.0407. The fourth-order valence-corrected chi connectivity index (χ4v) is 59.4. The molecule has 34 heteroatoms. The third-order valence-corrected chi connectivity index (χ3v) is 56.3. The minimum absolute atomic E-state index is 0. The molecule has 0 bridgehead atoms. The summed E-state index contributed by atoms with van der Waals surface area (Å²) in [4.78, 5) is 11.0. The number of carbonyl (C=O) groups excluding carboxylic acids is 1. The van der Waals surface area contributed by atoms with E-state index >= 15 is 0 Å². The summed E-state index contributed by atoms with van der Waals surface area (Å²) in [5.74, 6) is 2.82. The second kappa shape index (κ2) is 84.2. The molecule has 0 aromatic heterocycles. The summed E-state index contributed by atoms with van der Waals surface area (Å²) in [6, 6.07) is 9.30. The van der Waals surface area contributed by atoms with Crippen LogP contribution < -0.4 is 4.74 Å². The van der Waals surface area contributed by atoms with Crippen molar-refractivity contribution in [3.63, 3.8) is 0 Å². The first-order valence-electron chi connectivity index (χ1n) is 37.0. The standard InChI is InChI=1S/C22H66O10Si10.C14H22O2.C8H20O3Si.C8H16O2S.C6H14O2.C5H14OSi.C4H10O.14CH4/c1-23-34(5,6)25-36(9,10)27-38(13,14)29-40(17,18)31-42(21,22)32-41(19,20)30-39(15,16)28-37(11,12)26-35(7,8)24-33(2,3)4;1-3-5-8-12-9-6-7-10-14(12)16-11-13(15)4-2;1-5-8(9)6-11-7-12(3,4)10-2;1-4-10-8(9)7(3)6-11-5-2;1-3-6(7)5-8-4-2;1-5-7(3,4)6-2;1-3-5-4-2;;;;;;;;;;;;;;/h1-22H3;6-7,9-10,13,15H,3-5,8,11H2,1-2H3;8-9H,5-7H2,1-4H3;7H,4-6H2,1-3H3;6-7H,3-5H2,1-2H3;5H2,1-4H3;3-4H2,1-2H3;14*1H4. The Labute approximate surface area is 742 Å². The van der Waals surface area contributed by atoms with Gasteiger partial charge in [-0.3, -0.25) is 4.79 Å². The zero-order valence-corrected chi connectivity index (χ0v) is 85.1. The van der Waals surface area contributed by atoms with Gasteiger partial charge in [0.2, 0.25) is 8.32 Å². The molecule has 0 heterocycles. The van der Waals surface area contributed by atoms with Crippen LogP contribution in [0.4, 0.5) is 0 Å². The molecule has 0 aliphatic rings. The summed E-state index contributed by atoms with van der Waals surface area (Å²) < 4.78 is 101. The highest BCUT2D eigenvalue weighted by atomic mass is 32.2. The molecule has 0 aliphatic carbocycles. The third-order valence-electron chi connectivity index (χ3n) is 13.5. The van der Waals surface area contributed by atoms with Crippen LogP contribution in [0.25, 0.3) is 0 Å². The van der Waals surface area contributed by atoms with E-state index in [-0.39, 0.29) is 134 Å². The Hall–Kier alpha value is 0.723. The summed E-state index contributed by atoms with van der Waals surface area (Å²) in [5, 5.41) is 27.5. The van der Waals surface area contributed by atoms with Crippen molar-refractivity contribution in [2.45, 2.75) is 407 Å². The zero-order valence-electron chi connectivity index (χ0n) is 72.2. The number of unbranched alkanes of at least 4 members (excludes halogenated alkanes) is 1. The van der Waals surface area contributed by atoms with Gasteiger partial charge in [-0.1, -0.05) is 177 Å². The molecular weight excluding hydrogens is 1680 g/mol. The highest BCUT2D eigenvalue weighted by molar-refractivity contribution is 7.99. The Balaban J connectivity index is -0.0000000572. The molecule has 722 valence electrons. The Morgan fingerprint density at radius 2 is 0.687 bits per heavy atom. The van der Waals surface area contributed by atoms with Gasteiger partial charge in [-0.15, -0.1) is 0 Å². The molecule has 21 nitrogen and oxygen atoms in total. The van der Waals surface area contributed by atoms with Crippen molar-refractivity contribution in [1.29, 1.82) is 0 Å². The maximum atomic E-state index is 11.0. The number of hydrogen-bond donors (Lipinski definition) is 3. The van der Waals surface area contributed by atoms with Gasteiger partial charge < -0.3 is 89.3 Å². The minimum Gasteiger partial charge on any atom is -0.491 e. The van der Waals surface area contributed by atoms with Gasteiger partial charge in [-0.2, -0.15) is 11.8 Å². The molecule has 1 aromatic carbocycles. The van der Waals surface area contributed by atoms with Crippen LogP contribution in [0.1, 0.15) is 218 Å². The van der Waals surface area contributed by atoms with Crippen LogP contribution in [0.5, 0.6) is 5.75 Å². The maximum absolute atomic E-state index is 11.0. The van der Waals surface area contributed by atoms with Crippen LogP contribution in [0.3, 0.4) is 0 Å². The van der Waals surface area contributed by atoms with Gasteiger partial charge in [0, 0.05) is 46.9 Å². The smallest absolute Gasteiger partial charge is 0.322 e. The van der Waals surface area contributed by atoms with Crippen molar-refractivity contribution in [1.82, 2.24) is 0 Å². The number of carbonyl (C=O) groups is 1. The van der Waals surface area contributed by atoms with Crippen LogP contribution in [-0.4, -0.2) is 227 Å². The van der Waals surface area contributed by atoms with Crippen LogP contribution in [0.15, 0.2) is 24.3 Å². The first-order valence-corrected chi connectivity index (χ1v) is 73.1. The van der Waals surface area contributed by atoms with Crippen molar-refractivity contribution < 1.29 is 94.1 Å². The largest absolute Gasteiger partial charge is 0.491 e. The molecule has 0 saturated heterocycles. The molecule has 4 unspecified atom stereocenters. The number of aliphatic hydroxyl groups excluding tert-OH is 3. The van der Waals surface area contributed by atoms with Crippen LogP contribution in [0, 0.1) is 5.92 Å². The molecular formula is C81H218O21SSi12. The van der Waals surface area contributed by atoms with Crippen molar-refractivity contribution in [2.24, 2.45) is 5.92 Å². The van der Waals surface area contributed by atoms with Gasteiger partial charge in [0.05, 0.1) is 50.3 Å². The van der Waals surface area contributed by atoms with E-state index in [9.17, 15) is 15.0 Å². The lowest BCUT2D eigenvalue weighted by Gasteiger charge is -2.44. The van der Waals surface area contributed by atoms with E-state index in [1.807, 2.05) is 99.8 Å². The topological polar surface area (TPSA) is 235 Å². The highest BCUT2D eigenvalue weighted by Gasteiger charge is 2.50. The number of esters is 1. The predicted octanol–water partition coefficient (Wildman–Crippen LogP) is 26.8. The summed E-state index contributed by atoms with van der Waals surface area (Å²) >= 11 is 1.77. The van der Waals surface area contributed by atoms with E-state index in [4.69, 9.17) is 79.1 Å². The van der Waals surface area contributed by atoms with Crippen molar-refractivity contribution in [3.8, 4) is 5.75 Å². The summed E-state index contributed by atoms with van der Waals surface area (Å²) in [6.45, 7) is 78.4. The Kier molecular flexibility index (Phi) is 122. The van der Waals surface area contributed by atoms with E-state index < -0.39 is 102 Å². The van der Waals surface area contributed by atoms with Gasteiger partial charge >= 0.3 is 83.0 Å².